The molecule has 0 radical (unpaired) electrons. The van der Waals surface area contributed by atoms with Gasteiger partial charge in [-0.05, 0) is 107 Å². The number of amides is 2. The first kappa shape index (κ1) is 55.7. The number of anilines is 4. The van der Waals surface area contributed by atoms with Crippen LogP contribution in [-0.4, -0.2) is 152 Å². The van der Waals surface area contributed by atoms with Crippen LogP contribution in [0.15, 0.2) is 89.0 Å². The van der Waals surface area contributed by atoms with Gasteiger partial charge in [0.2, 0.25) is 17.7 Å². The first-order valence-corrected chi connectivity index (χ1v) is 30.6. The standard InChI is InChI=1S/C62H78N12O7S/c1-36(2)58(62(78)73-34-46(75)27-53(73)61(77)66-37(3)40-10-12-42(13-11-40)59-38(4)65-35-82-59)55-31-56(69-81-55)71-22-17-41(18-23-71)39(5)70-24-19-47(20-25-70)79-48-28-49(29-48)80-57-26-43(16-21-64-57)74-44-14-15-45(74)33-72(32-44)52-30-51(67-68-60(52)63)50-8-6-7-9-54(50)76/h6-13,16,21,26,30-31,35-37,39,41,44-49,53,58,75-76H,14-15,17-20,22-25,27-29,32-34H2,1-5H3,(H2,63,68)(H,66,77)/t37-,39?,44?,45?,46+,48-,49-,53-,58+/m0/s1. The molecule has 6 fully saturated rings. The lowest BCUT2D eigenvalue weighted by Crippen LogP contribution is -2.54. The van der Waals surface area contributed by atoms with Gasteiger partial charge < -0.3 is 59.8 Å². The van der Waals surface area contributed by atoms with Crippen molar-refractivity contribution in [3.8, 4) is 33.3 Å². The molecule has 6 aromatic rings. The Morgan fingerprint density at radius 1 is 0.817 bits per heavy atom. The zero-order valence-electron chi connectivity index (χ0n) is 47.7. The monoisotopic (exact) mass is 1130 g/mol. The number of benzene rings is 2. The van der Waals surface area contributed by atoms with Crippen LogP contribution in [0, 0.1) is 18.8 Å². The highest BCUT2D eigenvalue weighted by Crippen LogP contribution is 2.41. The minimum Gasteiger partial charge on any atom is -0.507 e. The average Bonchev–Trinajstić information content (AvgIpc) is 4.45. The number of likely N-dealkylation sites (tertiary alicyclic amines) is 2. The summed E-state index contributed by atoms with van der Waals surface area (Å²) in [5, 5.41) is 37.5. The summed E-state index contributed by atoms with van der Waals surface area (Å²) >= 11 is 1.60. The van der Waals surface area contributed by atoms with Crippen LogP contribution in [0.3, 0.4) is 0 Å². The van der Waals surface area contributed by atoms with Crippen molar-refractivity contribution in [2.24, 2.45) is 11.8 Å². The van der Waals surface area contributed by atoms with E-state index in [1.807, 2.05) is 87.9 Å². The molecule has 1 saturated carbocycles. The van der Waals surface area contributed by atoms with Gasteiger partial charge in [-0.3, -0.25) is 9.59 Å². The van der Waals surface area contributed by atoms with Crippen LogP contribution < -0.4 is 30.5 Å². The summed E-state index contributed by atoms with van der Waals surface area (Å²) < 4.78 is 19.1. The number of carbonyl (C=O) groups is 2. The lowest BCUT2D eigenvalue weighted by Gasteiger charge is -2.44. The Morgan fingerprint density at radius 2 is 1.56 bits per heavy atom. The summed E-state index contributed by atoms with van der Waals surface area (Å²) in [5.41, 5.74) is 14.5. The third-order valence-electron chi connectivity index (χ3n) is 18.5. The van der Waals surface area contributed by atoms with E-state index < -0.39 is 18.1 Å². The van der Waals surface area contributed by atoms with E-state index in [-0.39, 0.29) is 60.8 Å². The van der Waals surface area contributed by atoms with Crippen LogP contribution in [0.4, 0.5) is 23.0 Å². The molecule has 19 nitrogen and oxygen atoms in total. The number of aryl methyl sites for hydroxylation is 1. The summed E-state index contributed by atoms with van der Waals surface area (Å²) in [4.78, 5) is 49.7. The maximum absolute atomic E-state index is 14.4. The molecule has 6 aliphatic rings. The molecular formula is C62H78N12O7S. The number of ether oxygens (including phenoxy) is 2. The molecule has 1 aliphatic carbocycles. The number of rotatable bonds is 17. The van der Waals surface area contributed by atoms with E-state index in [0.717, 1.165) is 130 Å². The number of hydrogen-bond acceptors (Lipinski definition) is 18. The minimum absolute atomic E-state index is 0.0815. The van der Waals surface area contributed by atoms with Gasteiger partial charge in [0, 0.05) is 113 Å². The number of thiazole rings is 1. The van der Waals surface area contributed by atoms with Crippen molar-refractivity contribution in [3.05, 3.63) is 102 Å². The lowest BCUT2D eigenvalue weighted by molar-refractivity contribution is -0.141. The SMILES string of the molecule is Cc1ncsc1-c1ccc([C@H](C)NC(=O)[C@@H]2C[C@@H](O)CN2C(=O)[C@@H](c2cc(N3CCC(C(C)N4CCC(O[C@H]5C[C@H](Oc6cc(N7C8CCC7CN(c7cc(-c9ccccc9O)nnc7N)C8)ccn6)C5)CC4)CC3)no2)C(C)C)cc1. The number of para-hydroxylation sites is 1. The number of nitrogens with one attached hydrogen (secondary N) is 1. The number of aromatic hydroxyl groups is 1. The molecule has 20 heteroatoms. The van der Waals surface area contributed by atoms with E-state index in [1.165, 1.54) is 0 Å². The van der Waals surface area contributed by atoms with Crippen LogP contribution >= 0.6 is 11.3 Å². The summed E-state index contributed by atoms with van der Waals surface area (Å²) in [6.07, 6.45) is 9.76. The molecule has 2 aromatic carbocycles. The topological polar surface area (TPSA) is 225 Å². The second kappa shape index (κ2) is 23.8. The van der Waals surface area contributed by atoms with Gasteiger partial charge in [-0.2, -0.15) is 0 Å². The first-order valence-electron chi connectivity index (χ1n) is 29.7. The van der Waals surface area contributed by atoms with Gasteiger partial charge in [0.15, 0.2) is 17.4 Å². The number of phenols is 1. The molecule has 434 valence electrons. The predicted octanol–water partition coefficient (Wildman–Crippen LogP) is 8.38. The zero-order valence-corrected chi connectivity index (χ0v) is 48.5. The number of piperazine rings is 1. The number of pyridine rings is 1. The number of β-amino-alcohol motifs (C(OH)–C–C–N with tert-alkyl or cyclic N) is 1. The number of nitrogen functional groups attached to an aromatic ring is 1. The van der Waals surface area contributed by atoms with Crippen molar-refractivity contribution >= 4 is 46.2 Å². The maximum atomic E-state index is 14.4. The number of nitrogens with zero attached hydrogens (tertiary/aromatic N) is 10. The molecule has 12 rings (SSSR count). The number of fused-ring (bicyclic) bond motifs is 2. The minimum atomic E-state index is -0.805. The Balaban J connectivity index is 0.572. The molecule has 5 N–H and O–H groups in total. The molecule has 0 spiro atoms. The molecule has 82 heavy (non-hydrogen) atoms. The number of aromatic nitrogens is 5. The van der Waals surface area contributed by atoms with Gasteiger partial charge in [-0.1, -0.05) is 55.4 Å². The summed E-state index contributed by atoms with van der Waals surface area (Å²) in [6.45, 7) is 15.7. The highest BCUT2D eigenvalue weighted by molar-refractivity contribution is 7.13. The van der Waals surface area contributed by atoms with Crippen molar-refractivity contribution in [2.75, 3.05) is 66.2 Å². The maximum Gasteiger partial charge on any atom is 0.243 e. The number of aliphatic hydroxyl groups excluding tert-OH is 1. The Bertz CT molecular complexity index is 3180. The number of piperidine rings is 2. The molecule has 7 atom stereocenters. The third kappa shape index (κ3) is 11.6. The number of nitrogens with two attached hydrogens (primary N) is 1. The highest BCUT2D eigenvalue weighted by Gasteiger charge is 2.45. The zero-order chi connectivity index (χ0) is 56.8. The Labute approximate surface area is 484 Å². The number of phenolic OH excluding ortho intramolecular Hbond substituents is 1. The Morgan fingerprint density at radius 3 is 2.27 bits per heavy atom. The molecule has 4 aromatic heterocycles. The largest absolute Gasteiger partial charge is 0.507 e. The summed E-state index contributed by atoms with van der Waals surface area (Å²) in [7, 11) is 0. The Kier molecular flexibility index (Phi) is 16.1. The van der Waals surface area contributed by atoms with Gasteiger partial charge in [-0.15, -0.1) is 21.5 Å². The average molecular weight is 1140 g/mol. The van der Waals surface area contributed by atoms with Crippen molar-refractivity contribution in [3.63, 3.8) is 0 Å². The van der Waals surface area contributed by atoms with E-state index >= 15 is 0 Å². The van der Waals surface area contributed by atoms with E-state index in [0.29, 0.717) is 52.8 Å². The fourth-order valence-corrected chi connectivity index (χ4v) is 14.6. The second-order valence-electron chi connectivity index (χ2n) is 24.2. The molecular weight excluding hydrogens is 1060 g/mol. The van der Waals surface area contributed by atoms with E-state index in [4.69, 9.17) is 19.7 Å². The molecule has 2 amide bonds. The van der Waals surface area contributed by atoms with Crippen molar-refractivity contribution in [2.45, 2.75) is 153 Å². The van der Waals surface area contributed by atoms with Gasteiger partial charge in [-0.25, -0.2) is 9.97 Å². The molecule has 5 aliphatic heterocycles. The number of aliphatic hydroxyl groups is 1. The molecule has 9 heterocycles. The summed E-state index contributed by atoms with van der Waals surface area (Å²) in [5.74, 6) is 1.67. The normalized spacial score (nSPS) is 24.6. The van der Waals surface area contributed by atoms with Gasteiger partial charge in [0.05, 0.1) is 51.8 Å². The predicted molar refractivity (Wildman–Crippen MR) is 316 cm³/mol. The van der Waals surface area contributed by atoms with Crippen molar-refractivity contribution in [1.29, 1.82) is 0 Å². The van der Waals surface area contributed by atoms with Gasteiger partial charge >= 0.3 is 0 Å². The van der Waals surface area contributed by atoms with Crippen LogP contribution in [-0.2, 0) is 14.3 Å². The van der Waals surface area contributed by atoms with Gasteiger partial charge in [0.25, 0.3) is 0 Å². The smallest absolute Gasteiger partial charge is 0.243 e. The molecule has 5 saturated heterocycles. The van der Waals surface area contributed by atoms with E-state index in [2.05, 4.69) is 69.3 Å². The van der Waals surface area contributed by atoms with Crippen molar-refractivity contribution < 1.29 is 33.8 Å². The van der Waals surface area contributed by atoms with Gasteiger partial charge in [0.1, 0.15) is 23.8 Å². The number of carbonyl (C=O) groups excluding carboxylic acids is 2. The van der Waals surface area contributed by atoms with E-state index in [1.54, 1.807) is 28.4 Å². The lowest BCUT2D eigenvalue weighted by atomic mass is 9.88. The highest BCUT2D eigenvalue weighted by atomic mass is 32.1. The van der Waals surface area contributed by atoms with Crippen LogP contribution in [0.1, 0.15) is 114 Å². The Hall–Kier alpha value is -6.87. The van der Waals surface area contributed by atoms with Crippen molar-refractivity contribution in [1.82, 2.24) is 40.4 Å². The van der Waals surface area contributed by atoms with E-state index in [9.17, 15) is 19.8 Å². The fraction of sp³-hybridized carbons (Fsp3) is 0.532. The molecule has 2 bridgehead atoms. The third-order valence-corrected chi connectivity index (χ3v) is 19.5. The second-order valence-corrected chi connectivity index (χ2v) is 25.0. The van der Waals surface area contributed by atoms with Crippen LogP contribution in [0.5, 0.6) is 11.6 Å². The number of hydrogen-bond donors (Lipinski definition) is 4. The quantitative estimate of drug-likeness (QED) is 0.0673. The fourth-order valence-electron chi connectivity index (χ4n) is 13.8. The summed E-state index contributed by atoms with van der Waals surface area (Å²) in [6, 6.07) is 23.3. The first-order chi connectivity index (χ1) is 39.7. The molecule has 3 unspecified atom stereocenters. The van der Waals surface area contributed by atoms with Crippen LogP contribution in [0.2, 0.25) is 0 Å². The van der Waals surface area contributed by atoms with Crippen LogP contribution in [0.25, 0.3) is 21.7 Å².